The van der Waals surface area contributed by atoms with E-state index < -0.39 is 11.9 Å². The van der Waals surface area contributed by atoms with Crippen LogP contribution in [0.4, 0.5) is 4.79 Å². The van der Waals surface area contributed by atoms with Gasteiger partial charge in [-0.15, -0.1) is 0 Å². The molecule has 2 amide bonds. The fraction of sp³-hybridized carbons (Fsp3) is 0.545. The van der Waals surface area contributed by atoms with Crippen molar-refractivity contribution in [1.82, 2.24) is 10.2 Å². The Labute approximate surface area is 106 Å². The molecule has 0 fully saturated rings. The van der Waals surface area contributed by atoms with Gasteiger partial charge in [-0.05, 0) is 13.8 Å². The van der Waals surface area contributed by atoms with Crippen LogP contribution in [-0.2, 0) is 19.1 Å². The summed E-state index contributed by atoms with van der Waals surface area (Å²) in [5.41, 5.74) is 0. The molecule has 0 aromatic heterocycles. The van der Waals surface area contributed by atoms with Crippen LogP contribution in [0, 0.1) is 0 Å². The molecule has 18 heavy (non-hydrogen) atoms. The zero-order valence-electron chi connectivity index (χ0n) is 10.8. The lowest BCUT2D eigenvalue weighted by atomic mass is 10.5. The van der Waals surface area contributed by atoms with E-state index in [0.717, 1.165) is 12.2 Å². The maximum absolute atomic E-state index is 11.4. The van der Waals surface area contributed by atoms with E-state index in [9.17, 15) is 14.4 Å². The van der Waals surface area contributed by atoms with Gasteiger partial charge in [0, 0.05) is 25.2 Å². The monoisotopic (exact) mass is 258 g/mol. The van der Waals surface area contributed by atoms with Crippen LogP contribution in [0.2, 0.25) is 0 Å². The number of amides is 2. The van der Waals surface area contributed by atoms with Gasteiger partial charge >= 0.3 is 18.0 Å². The second-order valence-electron chi connectivity index (χ2n) is 3.12. The van der Waals surface area contributed by atoms with Gasteiger partial charge in [0.2, 0.25) is 0 Å². The smallest absolute Gasteiger partial charge is 0.332 e. The first-order chi connectivity index (χ1) is 8.54. The highest BCUT2D eigenvalue weighted by atomic mass is 16.5. The van der Waals surface area contributed by atoms with Crippen molar-refractivity contribution in [3.05, 3.63) is 12.2 Å². The summed E-state index contributed by atoms with van der Waals surface area (Å²) in [6.45, 7) is 4.57. The molecule has 0 atom stereocenters. The van der Waals surface area contributed by atoms with Crippen LogP contribution in [0.25, 0.3) is 0 Å². The summed E-state index contributed by atoms with van der Waals surface area (Å²) < 4.78 is 8.95. The van der Waals surface area contributed by atoms with Gasteiger partial charge in [-0.25, -0.2) is 14.4 Å². The van der Waals surface area contributed by atoms with Crippen molar-refractivity contribution in [1.29, 1.82) is 0 Å². The van der Waals surface area contributed by atoms with Crippen LogP contribution >= 0.6 is 0 Å². The third-order valence-corrected chi connectivity index (χ3v) is 2.05. The maximum Gasteiger partial charge on any atom is 0.332 e. The number of ether oxygens (including phenoxy) is 2. The number of rotatable bonds is 6. The highest BCUT2D eigenvalue weighted by Gasteiger charge is 2.08. The van der Waals surface area contributed by atoms with Crippen molar-refractivity contribution in [2.75, 3.05) is 26.9 Å². The Hall–Kier alpha value is -2.05. The molecule has 0 heterocycles. The second-order valence-corrected chi connectivity index (χ2v) is 3.12. The van der Waals surface area contributed by atoms with E-state index in [1.165, 1.54) is 12.0 Å². The summed E-state index contributed by atoms with van der Waals surface area (Å²) in [5.74, 6) is -1.39. The van der Waals surface area contributed by atoms with E-state index in [2.05, 4.69) is 14.8 Å². The first kappa shape index (κ1) is 16.0. The third-order valence-electron chi connectivity index (χ3n) is 2.05. The molecule has 0 aliphatic carbocycles. The van der Waals surface area contributed by atoms with E-state index in [4.69, 9.17) is 0 Å². The van der Waals surface area contributed by atoms with Crippen molar-refractivity contribution in [2.45, 2.75) is 13.8 Å². The number of esters is 2. The van der Waals surface area contributed by atoms with E-state index >= 15 is 0 Å². The van der Waals surface area contributed by atoms with Crippen molar-refractivity contribution in [3.8, 4) is 0 Å². The number of carbonyl (C=O) groups is 3. The molecule has 0 bridgehead atoms. The molecule has 7 heteroatoms. The number of methoxy groups -OCH3 is 1. The molecule has 0 radical (unpaired) electrons. The number of urea groups is 1. The predicted octanol–water partition coefficient (Wildman–Crippen LogP) is 0.268. The molecule has 0 aliphatic rings. The van der Waals surface area contributed by atoms with Crippen LogP contribution < -0.4 is 5.32 Å². The minimum absolute atomic E-state index is 0.250. The van der Waals surface area contributed by atoms with E-state index in [0.29, 0.717) is 13.1 Å². The molecule has 0 spiro atoms. The summed E-state index contributed by atoms with van der Waals surface area (Å²) in [5, 5.41) is 2.41. The number of nitrogens with zero attached hydrogens (tertiary/aromatic N) is 1. The van der Waals surface area contributed by atoms with Crippen molar-refractivity contribution >= 4 is 18.0 Å². The highest BCUT2D eigenvalue weighted by Crippen LogP contribution is 1.88. The predicted molar refractivity (Wildman–Crippen MR) is 63.6 cm³/mol. The third kappa shape index (κ3) is 6.51. The van der Waals surface area contributed by atoms with Gasteiger partial charge in [-0.1, -0.05) is 0 Å². The maximum atomic E-state index is 11.4. The molecule has 1 N–H and O–H groups in total. The van der Waals surface area contributed by atoms with Gasteiger partial charge in [0.05, 0.1) is 7.11 Å². The summed E-state index contributed by atoms with van der Waals surface area (Å²) in [7, 11) is 1.20. The minimum Gasteiger partial charge on any atom is -0.466 e. The molecule has 0 saturated carbocycles. The topological polar surface area (TPSA) is 84.9 Å². The summed E-state index contributed by atoms with van der Waals surface area (Å²) in [4.78, 5) is 34.7. The lowest BCUT2D eigenvalue weighted by Gasteiger charge is -2.18. The van der Waals surface area contributed by atoms with Crippen molar-refractivity contribution in [3.63, 3.8) is 0 Å². The zero-order chi connectivity index (χ0) is 14.0. The molecule has 0 aromatic carbocycles. The Morgan fingerprint density at radius 3 is 2.17 bits per heavy atom. The standard InChI is InChI=1S/C11H18N2O5/c1-4-13(5-2)11(16)12-8-18-10(15)7-6-9(14)17-3/h6-7H,4-5,8H2,1-3H3,(H,12,16)/b7-6+. The van der Waals surface area contributed by atoms with Gasteiger partial charge in [0.25, 0.3) is 0 Å². The number of nitrogens with one attached hydrogen (secondary N) is 1. The minimum atomic E-state index is -0.736. The van der Waals surface area contributed by atoms with Crippen LogP contribution in [0.5, 0.6) is 0 Å². The highest BCUT2D eigenvalue weighted by molar-refractivity contribution is 5.91. The summed E-state index contributed by atoms with van der Waals surface area (Å²) in [6.07, 6.45) is 1.87. The first-order valence-electron chi connectivity index (χ1n) is 5.50. The Bertz CT molecular complexity index is 323. The Balaban J connectivity index is 3.91. The lowest BCUT2D eigenvalue weighted by molar-refractivity contribution is -0.139. The normalized spacial score (nSPS) is 9.94. The number of hydrogen-bond acceptors (Lipinski definition) is 5. The van der Waals surface area contributed by atoms with Gasteiger partial charge in [-0.2, -0.15) is 0 Å². The van der Waals surface area contributed by atoms with Gasteiger partial charge in [0.1, 0.15) is 0 Å². The van der Waals surface area contributed by atoms with Gasteiger partial charge in [-0.3, -0.25) is 0 Å². The molecule has 102 valence electrons. The molecule has 0 aliphatic heterocycles. The average molecular weight is 258 g/mol. The Morgan fingerprint density at radius 2 is 1.67 bits per heavy atom. The molecular weight excluding hydrogens is 240 g/mol. The second kappa shape index (κ2) is 9.03. The van der Waals surface area contributed by atoms with Crippen LogP contribution in [0.1, 0.15) is 13.8 Å². The Morgan fingerprint density at radius 1 is 1.11 bits per heavy atom. The summed E-state index contributed by atoms with van der Waals surface area (Å²) >= 11 is 0. The van der Waals surface area contributed by atoms with Crippen LogP contribution in [0.3, 0.4) is 0 Å². The molecule has 7 nitrogen and oxygen atoms in total. The van der Waals surface area contributed by atoms with Crippen molar-refractivity contribution in [2.24, 2.45) is 0 Å². The van der Waals surface area contributed by atoms with E-state index in [-0.39, 0.29) is 12.8 Å². The average Bonchev–Trinajstić information content (AvgIpc) is 2.37. The van der Waals surface area contributed by atoms with Gasteiger partial charge in [0.15, 0.2) is 6.73 Å². The molecule has 0 rings (SSSR count). The van der Waals surface area contributed by atoms with Crippen LogP contribution in [-0.4, -0.2) is 49.8 Å². The van der Waals surface area contributed by atoms with E-state index in [1.807, 2.05) is 13.8 Å². The lowest BCUT2D eigenvalue weighted by Crippen LogP contribution is -2.40. The van der Waals surface area contributed by atoms with Crippen molar-refractivity contribution < 1.29 is 23.9 Å². The molecule has 0 unspecified atom stereocenters. The molecule has 0 saturated heterocycles. The van der Waals surface area contributed by atoms with Crippen LogP contribution in [0.15, 0.2) is 12.2 Å². The number of carbonyl (C=O) groups excluding carboxylic acids is 3. The molecule has 0 aromatic rings. The first-order valence-corrected chi connectivity index (χ1v) is 5.50. The fourth-order valence-corrected chi connectivity index (χ4v) is 1.04. The summed E-state index contributed by atoms with van der Waals surface area (Å²) in [6, 6.07) is -0.315. The zero-order valence-corrected chi connectivity index (χ0v) is 10.8. The fourth-order valence-electron chi connectivity index (χ4n) is 1.04. The molecular formula is C11H18N2O5. The van der Waals surface area contributed by atoms with E-state index in [1.54, 1.807) is 0 Å². The Kier molecular flexibility index (Phi) is 8.00. The van der Waals surface area contributed by atoms with Gasteiger partial charge < -0.3 is 19.7 Å². The quantitative estimate of drug-likeness (QED) is 0.420. The largest absolute Gasteiger partial charge is 0.466 e. The SMILES string of the molecule is CCN(CC)C(=O)NCOC(=O)/C=C/C(=O)OC. The number of hydrogen-bond donors (Lipinski definition) is 1.